The van der Waals surface area contributed by atoms with E-state index in [-0.39, 0.29) is 5.54 Å². The van der Waals surface area contributed by atoms with Crippen LogP contribution in [-0.2, 0) is 12.2 Å². The number of hydrogen-bond donors (Lipinski definition) is 1. The van der Waals surface area contributed by atoms with Crippen LogP contribution >= 0.6 is 11.3 Å². The Kier molecular flexibility index (Phi) is 1.47. The van der Waals surface area contributed by atoms with Crippen molar-refractivity contribution in [2.24, 2.45) is 5.73 Å². The van der Waals surface area contributed by atoms with Crippen LogP contribution in [-0.4, -0.2) is 4.98 Å². The average molecular weight is 172 g/mol. The predicted octanol–water partition coefficient (Wildman–Crippen LogP) is 1.56. The highest BCUT2D eigenvalue weighted by Crippen LogP contribution is 2.42. The van der Waals surface area contributed by atoms with E-state index >= 15 is 0 Å². The quantitative estimate of drug-likeness (QED) is 0.735. The van der Waals surface area contributed by atoms with Crippen molar-refractivity contribution in [3.05, 3.63) is 16.1 Å². The summed E-state index contributed by atoms with van der Waals surface area (Å²) in [4.78, 5) is 4.08. The highest BCUT2D eigenvalue weighted by molar-refractivity contribution is 7.09. The third-order valence-corrected chi connectivity index (χ3v) is 2.78. The molecule has 1 saturated carbocycles. The van der Waals surface area contributed by atoms with E-state index in [9.17, 15) is 4.39 Å². The summed E-state index contributed by atoms with van der Waals surface area (Å²) in [6.07, 6.45) is 1.98. The SMILES string of the molecule is NC1(c2csc(CF)n2)CC1. The average Bonchev–Trinajstić information content (AvgIpc) is 2.61. The Morgan fingerprint density at radius 1 is 1.73 bits per heavy atom. The van der Waals surface area contributed by atoms with E-state index in [1.54, 1.807) is 0 Å². The standard InChI is InChI=1S/C7H9FN2S/c8-3-6-10-5(4-11-6)7(9)1-2-7/h4H,1-3,9H2. The first kappa shape index (κ1) is 7.18. The van der Waals surface area contributed by atoms with Gasteiger partial charge in [-0.15, -0.1) is 11.3 Å². The van der Waals surface area contributed by atoms with Crippen molar-refractivity contribution < 1.29 is 4.39 Å². The third kappa shape index (κ3) is 1.16. The van der Waals surface area contributed by atoms with Crippen LogP contribution in [0.4, 0.5) is 4.39 Å². The first-order valence-electron chi connectivity index (χ1n) is 3.54. The van der Waals surface area contributed by atoms with Gasteiger partial charge in [0.1, 0.15) is 11.7 Å². The van der Waals surface area contributed by atoms with Gasteiger partial charge >= 0.3 is 0 Å². The maximum Gasteiger partial charge on any atom is 0.141 e. The van der Waals surface area contributed by atoms with Gasteiger partial charge < -0.3 is 5.73 Å². The van der Waals surface area contributed by atoms with Gasteiger partial charge in [0, 0.05) is 5.38 Å². The maximum atomic E-state index is 12.1. The molecule has 0 radical (unpaired) electrons. The molecule has 1 aliphatic carbocycles. The first-order chi connectivity index (χ1) is 5.24. The third-order valence-electron chi connectivity index (χ3n) is 1.96. The van der Waals surface area contributed by atoms with Gasteiger partial charge in [0.2, 0.25) is 0 Å². The van der Waals surface area contributed by atoms with Crippen LogP contribution in [0.1, 0.15) is 23.5 Å². The molecule has 4 heteroatoms. The number of halogens is 1. The summed E-state index contributed by atoms with van der Waals surface area (Å²) < 4.78 is 12.1. The van der Waals surface area contributed by atoms with Crippen molar-refractivity contribution in [3.8, 4) is 0 Å². The summed E-state index contributed by atoms with van der Waals surface area (Å²) in [7, 11) is 0. The summed E-state index contributed by atoms with van der Waals surface area (Å²) in [5, 5.41) is 2.40. The van der Waals surface area contributed by atoms with E-state index in [1.165, 1.54) is 11.3 Å². The van der Waals surface area contributed by atoms with Crippen LogP contribution in [0.3, 0.4) is 0 Å². The zero-order valence-corrected chi connectivity index (χ0v) is 6.83. The molecule has 1 aromatic rings. The second kappa shape index (κ2) is 2.25. The van der Waals surface area contributed by atoms with Gasteiger partial charge in [-0.2, -0.15) is 0 Å². The lowest BCUT2D eigenvalue weighted by Gasteiger charge is -2.01. The minimum absolute atomic E-state index is 0.204. The molecule has 0 aromatic carbocycles. The molecule has 2 N–H and O–H groups in total. The van der Waals surface area contributed by atoms with Crippen molar-refractivity contribution in [3.63, 3.8) is 0 Å². The zero-order chi connectivity index (χ0) is 7.90. The zero-order valence-electron chi connectivity index (χ0n) is 6.01. The second-order valence-electron chi connectivity index (χ2n) is 2.92. The van der Waals surface area contributed by atoms with Crippen molar-refractivity contribution in [1.29, 1.82) is 0 Å². The van der Waals surface area contributed by atoms with Gasteiger partial charge in [0.05, 0.1) is 11.2 Å². The van der Waals surface area contributed by atoms with Gasteiger partial charge in [-0.3, -0.25) is 0 Å². The normalized spacial score (nSPS) is 20.2. The summed E-state index contributed by atoms with van der Waals surface area (Å²) in [5.41, 5.74) is 6.52. The number of thiazole rings is 1. The molecule has 2 nitrogen and oxygen atoms in total. The Balaban J connectivity index is 2.25. The predicted molar refractivity (Wildman–Crippen MR) is 42.0 cm³/mol. The lowest BCUT2D eigenvalue weighted by molar-refractivity contribution is 0.481. The molecule has 0 atom stereocenters. The molecule has 1 fully saturated rings. The fraction of sp³-hybridized carbons (Fsp3) is 0.571. The van der Waals surface area contributed by atoms with Crippen LogP contribution in [0, 0.1) is 0 Å². The maximum absolute atomic E-state index is 12.1. The number of aromatic nitrogens is 1. The lowest BCUT2D eigenvalue weighted by Crippen LogP contribution is -2.18. The Labute approximate surface area is 68.3 Å². The van der Waals surface area contributed by atoms with Crippen LogP contribution in [0.25, 0.3) is 0 Å². The Morgan fingerprint density at radius 3 is 2.91 bits per heavy atom. The molecule has 0 bridgehead atoms. The number of rotatable bonds is 2. The molecule has 0 aliphatic heterocycles. The van der Waals surface area contributed by atoms with Crippen molar-refractivity contribution >= 4 is 11.3 Å². The highest BCUT2D eigenvalue weighted by Gasteiger charge is 2.42. The summed E-state index contributed by atoms with van der Waals surface area (Å²) >= 11 is 1.35. The molecule has 0 unspecified atom stereocenters. The highest BCUT2D eigenvalue weighted by atomic mass is 32.1. The van der Waals surface area contributed by atoms with Crippen LogP contribution in [0.2, 0.25) is 0 Å². The monoisotopic (exact) mass is 172 g/mol. The molecule has 11 heavy (non-hydrogen) atoms. The Hall–Kier alpha value is -0.480. The molecule has 1 heterocycles. The molecular weight excluding hydrogens is 163 g/mol. The van der Waals surface area contributed by atoms with Gasteiger partial charge in [-0.1, -0.05) is 0 Å². The molecule has 1 aromatic heterocycles. The van der Waals surface area contributed by atoms with Crippen molar-refractivity contribution in [2.45, 2.75) is 25.1 Å². The minimum atomic E-state index is -0.471. The second-order valence-corrected chi connectivity index (χ2v) is 3.86. The minimum Gasteiger partial charge on any atom is -0.320 e. The van der Waals surface area contributed by atoms with E-state index < -0.39 is 6.67 Å². The number of alkyl halides is 1. The first-order valence-corrected chi connectivity index (χ1v) is 4.42. The molecule has 1 aliphatic rings. The van der Waals surface area contributed by atoms with E-state index in [2.05, 4.69) is 4.98 Å². The fourth-order valence-electron chi connectivity index (χ4n) is 0.992. The van der Waals surface area contributed by atoms with E-state index in [0.717, 1.165) is 18.5 Å². The Morgan fingerprint density at radius 2 is 2.45 bits per heavy atom. The molecule has 2 rings (SSSR count). The van der Waals surface area contributed by atoms with Gasteiger partial charge in [0.15, 0.2) is 0 Å². The largest absolute Gasteiger partial charge is 0.320 e. The number of nitrogens with two attached hydrogens (primary N) is 1. The summed E-state index contributed by atoms with van der Waals surface area (Å²) in [6.45, 7) is -0.471. The molecule has 0 spiro atoms. The lowest BCUT2D eigenvalue weighted by atomic mass is 10.2. The van der Waals surface area contributed by atoms with E-state index in [1.807, 2.05) is 5.38 Å². The van der Waals surface area contributed by atoms with E-state index in [0.29, 0.717) is 5.01 Å². The molecule has 0 amide bonds. The topological polar surface area (TPSA) is 38.9 Å². The number of nitrogens with zero attached hydrogens (tertiary/aromatic N) is 1. The van der Waals surface area contributed by atoms with Gasteiger partial charge in [-0.05, 0) is 12.8 Å². The van der Waals surface area contributed by atoms with Crippen molar-refractivity contribution in [2.75, 3.05) is 0 Å². The van der Waals surface area contributed by atoms with E-state index in [4.69, 9.17) is 5.73 Å². The van der Waals surface area contributed by atoms with Crippen LogP contribution in [0.15, 0.2) is 5.38 Å². The molecule has 60 valence electrons. The fourth-order valence-corrected chi connectivity index (χ4v) is 1.74. The summed E-state index contributed by atoms with van der Waals surface area (Å²) in [5.74, 6) is 0. The number of hydrogen-bond acceptors (Lipinski definition) is 3. The smallest absolute Gasteiger partial charge is 0.141 e. The summed E-state index contributed by atoms with van der Waals surface area (Å²) in [6, 6.07) is 0. The van der Waals surface area contributed by atoms with Gasteiger partial charge in [0.25, 0.3) is 0 Å². The molecular formula is C7H9FN2S. The van der Waals surface area contributed by atoms with Crippen LogP contribution in [0.5, 0.6) is 0 Å². The Bertz CT molecular complexity index is 267. The van der Waals surface area contributed by atoms with Crippen LogP contribution < -0.4 is 5.73 Å². The van der Waals surface area contributed by atoms with Crippen molar-refractivity contribution in [1.82, 2.24) is 4.98 Å². The molecule has 0 saturated heterocycles. The van der Waals surface area contributed by atoms with Gasteiger partial charge in [-0.25, -0.2) is 9.37 Å².